The summed E-state index contributed by atoms with van der Waals surface area (Å²) in [6.07, 6.45) is -0.658. The first kappa shape index (κ1) is 22.0. The number of alkyl carbamates (subject to hydrolysis) is 1. The minimum atomic E-state index is -1.02. The van der Waals surface area contributed by atoms with E-state index in [-0.39, 0.29) is 24.7 Å². The van der Waals surface area contributed by atoms with Gasteiger partial charge in [-0.05, 0) is 23.3 Å². The Morgan fingerprint density at radius 2 is 1.72 bits per heavy atom. The van der Waals surface area contributed by atoms with Gasteiger partial charge in [-0.15, -0.1) is 11.6 Å². The van der Waals surface area contributed by atoms with Crippen molar-refractivity contribution in [1.82, 2.24) is 15.8 Å². The van der Waals surface area contributed by atoms with Crippen LogP contribution in [0.1, 0.15) is 11.1 Å². The summed E-state index contributed by atoms with van der Waals surface area (Å²) in [5.74, 6) is -1.34. The maximum Gasteiger partial charge on any atom is 0.408 e. The van der Waals surface area contributed by atoms with Crippen LogP contribution < -0.4 is 10.7 Å². The fourth-order valence-electron chi connectivity index (χ4n) is 2.38. The Morgan fingerprint density at radius 3 is 2.34 bits per heavy atom. The van der Waals surface area contributed by atoms with Crippen LogP contribution in [0.25, 0.3) is 0 Å². The highest BCUT2D eigenvalue weighted by Gasteiger charge is 2.24. The molecule has 2 aromatic carbocycles. The van der Waals surface area contributed by atoms with E-state index in [9.17, 15) is 19.5 Å². The number of hydrogen-bond acceptors (Lipinski definition) is 5. The molecule has 0 aromatic heterocycles. The minimum absolute atomic E-state index is 0.0465. The van der Waals surface area contributed by atoms with E-state index < -0.39 is 23.9 Å². The molecule has 29 heavy (non-hydrogen) atoms. The molecule has 9 heteroatoms. The maximum atomic E-state index is 12.6. The lowest BCUT2D eigenvalue weighted by Crippen LogP contribution is -2.54. The lowest BCUT2D eigenvalue weighted by Gasteiger charge is -2.23. The summed E-state index contributed by atoms with van der Waals surface area (Å²) in [5.41, 5.74) is 3.88. The number of phenolic OH excluding ortho intramolecular Hbond substituents is 1. The van der Waals surface area contributed by atoms with Crippen molar-refractivity contribution in [2.24, 2.45) is 0 Å². The first-order valence-electron chi connectivity index (χ1n) is 8.77. The maximum absolute atomic E-state index is 12.6. The Hall–Kier alpha value is -3.26. The number of nitrogens with one attached hydrogen (secondary N) is 2. The van der Waals surface area contributed by atoms with Gasteiger partial charge in [0.15, 0.2) is 0 Å². The summed E-state index contributed by atoms with van der Waals surface area (Å²) in [4.78, 5) is 36.4. The van der Waals surface area contributed by atoms with Crippen LogP contribution in [0.4, 0.5) is 4.79 Å². The molecule has 0 fully saturated rings. The highest BCUT2D eigenvalue weighted by atomic mass is 35.5. The largest absolute Gasteiger partial charge is 0.508 e. The summed E-state index contributed by atoms with van der Waals surface area (Å²) in [6, 6.07) is 14.3. The number of aromatic hydroxyl groups is 1. The number of nitrogens with zero attached hydrogens (tertiary/aromatic N) is 1. The van der Waals surface area contributed by atoms with Crippen molar-refractivity contribution in [3.05, 3.63) is 65.7 Å². The van der Waals surface area contributed by atoms with Crippen LogP contribution in [-0.4, -0.2) is 47.0 Å². The molecule has 8 nitrogen and oxygen atoms in total. The zero-order valence-electron chi connectivity index (χ0n) is 15.8. The number of rotatable bonds is 7. The third kappa shape index (κ3) is 7.34. The van der Waals surface area contributed by atoms with E-state index in [0.717, 1.165) is 10.6 Å². The number of hydrazine groups is 1. The molecule has 0 aliphatic heterocycles. The number of benzene rings is 2. The number of halogens is 1. The molecule has 0 aliphatic rings. The molecule has 0 heterocycles. The van der Waals surface area contributed by atoms with Gasteiger partial charge in [-0.3, -0.25) is 20.0 Å². The molecule has 2 aromatic rings. The van der Waals surface area contributed by atoms with Crippen molar-refractivity contribution < 1.29 is 24.2 Å². The van der Waals surface area contributed by atoms with Gasteiger partial charge >= 0.3 is 6.09 Å². The monoisotopic (exact) mass is 419 g/mol. The first-order valence-corrected chi connectivity index (χ1v) is 9.30. The topological polar surface area (TPSA) is 108 Å². The Kier molecular flexibility index (Phi) is 8.29. The molecule has 0 radical (unpaired) electrons. The summed E-state index contributed by atoms with van der Waals surface area (Å²) in [5, 5.41) is 12.9. The molecule has 3 N–H and O–H groups in total. The number of hydrogen-bond donors (Lipinski definition) is 3. The van der Waals surface area contributed by atoms with Crippen molar-refractivity contribution in [2.75, 3.05) is 12.9 Å². The lowest BCUT2D eigenvalue weighted by molar-refractivity contribution is -0.138. The van der Waals surface area contributed by atoms with Crippen LogP contribution in [0.15, 0.2) is 54.6 Å². The molecular formula is C20H22ClN3O5. The predicted octanol–water partition coefficient (Wildman–Crippen LogP) is 1.96. The third-order valence-electron chi connectivity index (χ3n) is 3.96. The van der Waals surface area contributed by atoms with E-state index in [1.807, 2.05) is 18.2 Å². The number of phenols is 1. The molecule has 1 atom stereocenters. The fourth-order valence-corrected chi connectivity index (χ4v) is 2.56. The van der Waals surface area contributed by atoms with Crippen LogP contribution in [-0.2, 0) is 27.4 Å². The summed E-state index contributed by atoms with van der Waals surface area (Å²) in [6.45, 7) is 0.0465. The molecule has 0 bridgehead atoms. The second-order valence-corrected chi connectivity index (χ2v) is 6.46. The molecule has 0 saturated heterocycles. The van der Waals surface area contributed by atoms with Crippen LogP contribution in [0, 0.1) is 0 Å². The van der Waals surface area contributed by atoms with Crippen LogP contribution in [0.5, 0.6) is 5.75 Å². The second kappa shape index (κ2) is 10.9. The van der Waals surface area contributed by atoms with E-state index in [0.29, 0.717) is 5.56 Å². The third-order valence-corrected chi connectivity index (χ3v) is 4.19. The number of carbonyl (C=O) groups excluding carboxylic acids is 3. The van der Waals surface area contributed by atoms with Crippen molar-refractivity contribution in [1.29, 1.82) is 0 Å². The average molecular weight is 420 g/mol. The van der Waals surface area contributed by atoms with E-state index in [1.54, 1.807) is 24.3 Å². The molecular weight excluding hydrogens is 398 g/mol. The van der Waals surface area contributed by atoms with Crippen molar-refractivity contribution in [3.63, 3.8) is 0 Å². The first-order chi connectivity index (χ1) is 13.9. The minimum Gasteiger partial charge on any atom is -0.508 e. The highest BCUT2D eigenvalue weighted by molar-refractivity contribution is 6.27. The quantitative estimate of drug-likeness (QED) is 0.469. The number of ether oxygens (including phenoxy) is 1. The van der Waals surface area contributed by atoms with Crippen LogP contribution in [0.3, 0.4) is 0 Å². The van der Waals surface area contributed by atoms with Gasteiger partial charge < -0.3 is 15.2 Å². The molecule has 0 unspecified atom stereocenters. The molecule has 154 valence electrons. The van der Waals surface area contributed by atoms with E-state index >= 15 is 0 Å². The van der Waals surface area contributed by atoms with Crippen LogP contribution in [0.2, 0.25) is 0 Å². The average Bonchev–Trinajstić information content (AvgIpc) is 2.73. The highest BCUT2D eigenvalue weighted by Crippen LogP contribution is 2.12. The molecule has 0 aliphatic carbocycles. The van der Waals surface area contributed by atoms with Gasteiger partial charge in [0.2, 0.25) is 0 Å². The van der Waals surface area contributed by atoms with Gasteiger partial charge in [0, 0.05) is 13.5 Å². The zero-order valence-corrected chi connectivity index (χ0v) is 16.6. The summed E-state index contributed by atoms with van der Waals surface area (Å²) < 4.78 is 5.17. The van der Waals surface area contributed by atoms with Gasteiger partial charge in [0.05, 0.1) is 0 Å². The Bertz CT molecular complexity index is 830. The number of alkyl halides is 1. The fraction of sp³-hybridized carbons (Fsp3) is 0.250. The van der Waals surface area contributed by atoms with E-state index in [4.69, 9.17) is 16.3 Å². The van der Waals surface area contributed by atoms with Crippen LogP contribution >= 0.6 is 11.6 Å². The Morgan fingerprint density at radius 1 is 1.07 bits per heavy atom. The van der Waals surface area contributed by atoms with E-state index in [2.05, 4.69) is 10.7 Å². The standard InChI is InChI=1S/C20H22ClN3O5/c1-24(18(26)12-21)23-19(27)17(11-14-7-9-16(25)10-8-14)22-20(28)29-13-15-5-3-2-4-6-15/h2-10,17,25H,11-13H2,1H3,(H,22,28)(H,23,27)/t17-/m0/s1. The van der Waals surface area contributed by atoms with Gasteiger partial charge in [-0.2, -0.15) is 0 Å². The molecule has 0 saturated carbocycles. The SMILES string of the molecule is CN(NC(=O)[C@H](Cc1ccc(O)cc1)NC(=O)OCc1ccccc1)C(=O)CCl. The lowest BCUT2D eigenvalue weighted by atomic mass is 10.1. The summed E-state index contributed by atoms with van der Waals surface area (Å²) >= 11 is 5.48. The molecule has 0 spiro atoms. The smallest absolute Gasteiger partial charge is 0.408 e. The van der Waals surface area contributed by atoms with Gasteiger partial charge in [0.25, 0.3) is 11.8 Å². The predicted molar refractivity (Wildman–Crippen MR) is 107 cm³/mol. The normalized spacial score (nSPS) is 11.2. The Labute approximate surface area is 173 Å². The summed E-state index contributed by atoms with van der Waals surface area (Å²) in [7, 11) is 1.36. The number of amides is 3. The Balaban J connectivity index is 2.04. The molecule has 2 rings (SSSR count). The van der Waals surface area contributed by atoms with Crippen molar-refractivity contribution in [3.8, 4) is 5.75 Å². The van der Waals surface area contributed by atoms with Gasteiger partial charge in [0.1, 0.15) is 24.3 Å². The van der Waals surface area contributed by atoms with Gasteiger partial charge in [-0.25, -0.2) is 4.79 Å². The molecule has 3 amide bonds. The van der Waals surface area contributed by atoms with Crippen molar-refractivity contribution in [2.45, 2.75) is 19.1 Å². The second-order valence-electron chi connectivity index (χ2n) is 6.19. The van der Waals surface area contributed by atoms with Crippen molar-refractivity contribution >= 4 is 29.5 Å². The number of carbonyl (C=O) groups is 3. The van der Waals surface area contributed by atoms with E-state index in [1.165, 1.54) is 19.2 Å². The van der Waals surface area contributed by atoms with Gasteiger partial charge in [-0.1, -0.05) is 42.5 Å². The zero-order chi connectivity index (χ0) is 21.2.